The molecule has 150 valence electrons. The number of rotatable bonds is 6. The quantitative estimate of drug-likeness (QED) is 0.651. The molecule has 1 amide bonds. The fraction of sp³-hybridized carbons (Fsp3) is 0.381. The average molecular weight is 465 g/mol. The summed E-state index contributed by atoms with van der Waals surface area (Å²) in [6, 6.07) is 15.8. The molecule has 1 aliphatic rings. The molecule has 5 nitrogen and oxygen atoms in total. The second-order valence-electron chi connectivity index (χ2n) is 7.28. The summed E-state index contributed by atoms with van der Waals surface area (Å²) >= 11 is 3.39. The van der Waals surface area contributed by atoms with Gasteiger partial charge in [-0.05, 0) is 48.6 Å². The summed E-state index contributed by atoms with van der Waals surface area (Å²) in [5, 5.41) is 0. The highest BCUT2D eigenvalue weighted by molar-refractivity contribution is 9.10. The van der Waals surface area contributed by atoms with Crippen molar-refractivity contribution in [1.29, 1.82) is 0 Å². The van der Waals surface area contributed by atoms with Crippen molar-refractivity contribution in [2.75, 3.05) is 19.6 Å². The third-order valence-corrected chi connectivity index (χ3v) is 7.44. The Bertz CT molecular complexity index is 893. The molecule has 0 radical (unpaired) electrons. The van der Waals surface area contributed by atoms with Crippen LogP contribution in [0.3, 0.4) is 0 Å². The Labute approximate surface area is 175 Å². The van der Waals surface area contributed by atoms with Crippen LogP contribution in [0.1, 0.15) is 25.3 Å². The molecule has 0 aromatic heterocycles. The molecule has 7 heteroatoms. The van der Waals surface area contributed by atoms with Gasteiger partial charge in [0.2, 0.25) is 15.9 Å². The first-order valence-corrected chi connectivity index (χ1v) is 11.7. The molecule has 1 heterocycles. The predicted molar refractivity (Wildman–Crippen MR) is 113 cm³/mol. The molecule has 1 aliphatic heterocycles. The second-order valence-corrected chi connectivity index (χ2v) is 10.1. The SMILES string of the molecule is CC1CCN(C(=O)CN(Cc2ccc(Br)cc2)S(=O)(=O)c2ccccc2)CC1. The van der Waals surface area contributed by atoms with Crippen LogP contribution in [0.25, 0.3) is 0 Å². The fourth-order valence-corrected chi connectivity index (χ4v) is 4.93. The van der Waals surface area contributed by atoms with E-state index in [-0.39, 0.29) is 23.9 Å². The highest BCUT2D eigenvalue weighted by atomic mass is 79.9. The Balaban J connectivity index is 1.83. The van der Waals surface area contributed by atoms with Crippen LogP contribution >= 0.6 is 15.9 Å². The summed E-state index contributed by atoms with van der Waals surface area (Å²) in [7, 11) is -3.78. The van der Waals surface area contributed by atoms with Crippen LogP contribution in [-0.2, 0) is 21.4 Å². The molecule has 0 atom stereocenters. The van der Waals surface area contributed by atoms with Crippen LogP contribution < -0.4 is 0 Å². The number of carbonyl (C=O) groups is 1. The number of carbonyl (C=O) groups excluding carboxylic acids is 1. The molecule has 1 fully saturated rings. The minimum Gasteiger partial charge on any atom is -0.342 e. The lowest BCUT2D eigenvalue weighted by Crippen LogP contribution is -2.45. The molecule has 28 heavy (non-hydrogen) atoms. The van der Waals surface area contributed by atoms with Crippen LogP contribution in [0.2, 0.25) is 0 Å². The van der Waals surface area contributed by atoms with Crippen molar-refractivity contribution < 1.29 is 13.2 Å². The Hall–Kier alpha value is -1.70. The third-order valence-electron chi connectivity index (χ3n) is 5.10. The van der Waals surface area contributed by atoms with Gasteiger partial charge < -0.3 is 4.90 Å². The smallest absolute Gasteiger partial charge is 0.243 e. The molecule has 0 saturated carbocycles. The highest BCUT2D eigenvalue weighted by Crippen LogP contribution is 2.21. The standard InChI is InChI=1S/C21H25BrN2O3S/c1-17-11-13-23(14-12-17)21(25)16-24(15-18-7-9-19(22)10-8-18)28(26,27)20-5-3-2-4-6-20/h2-10,17H,11-16H2,1H3. The number of amides is 1. The van der Waals surface area contributed by atoms with Crippen LogP contribution in [0, 0.1) is 5.92 Å². The summed E-state index contributed by atoms with van der Waals surface area (Å²) in [4.78, 5) is 14.8. The molecular weight excluding hydrogens is 440 g/mol. The summed E-state index contributed by atoms with van der Waals surface area (Å²) < 4.78 is 28.6. The van der Waals surface area contributed by atoms with Gasteiger partial charge in [0, 0.05) is 24.1 Å². The van der Waals surface area contributed by atoms with E-state index in [9.17, 15) is 13.2 Å². The number of halogens is 1. The zero-order valence-electron chi connectivity index (χ0n) is 15.9. The Morgan fingerprint density at radius 3 is 2.29 bits per heavy atom. The van der Waals surface area contributed by atoms with Crippen molar-refractivity contribution in [2.24, 2.45) is 5.92 Å². The van der Waals surface area contributed by atoms with E-state index < -0.39 is 10.0 Å². The topological polar surface area (TPSA) is 57.7 Å². The van der Waals surface area contributed by atoms with E-state index >= 15 is 0 Å². The Morgan fingerprint density at radius 1 is 1.07 bits per heavy atom. The van der Waals surface area contributed by atoms with E-state index in [2.05, 4.69) is 22.9 Å². The summed E-state index contributed by atoms with van der Waals surface area (Å²) in [6.07, 6.45) is 1.92. The molecule has 0 unspecified atom stereocenters. The predicted octanol–water partition coefficient (Wildman–Crippen LogP) is 3.90. The average Bonchev–Trinajstić information content (AvgIpc) is 2.70. The lowest BCUT2D eigenvalue weighted by Gasteiger charge is -2.32. The van der Waals surface area contributed by atoms with Gasteiger partial charge in [0.05, 0.1) is 11.4 Å². The van der Waals surface area contributed by atoms with E-state index in [1.165, 1.54) is 4.31 Å². The molecule has 0 bridgehead atoms. The first-order chi connectivity index (χ1) is 13.4. The van der Waals surface area contributed by atoms with Gasteiger partial charge in [-0.25, -0.2) is 8.42 Å². The van der Waals surface area contributed by atoms with Gasteiger partial charge in [-0.3, -0.25) is 4.79 Å². The lowest BCUT2D eigenvalue weighted by molar-refractivity contribution is -0.132. The minimum absolute atomic E-state index is 0.136. The van der Waals surface area contributed by atoms with Crippen molar-refractivity contribution in [3.63, 3.8) is 0 Å². The maximum atomic E-state index is 13.2. The van der Waals surface area contributed by atoms with Crippen molar-refractivity contribution in [3.8, 4) is 0 Å². The van der Waals surface area contributed by atoms with Gasteiger partial charge in [-0.15, -0.1) is 0 Å². The number of benzene rings is 2. The van der Waals surface area contributed by atoms with Crippen molar-refractivity contribution in [3.05, 3.63) is 64.6 Å². The van der Waals surface area contributed by atoms with E-state index in [0.717, 1.165) is 22.9 Å². The molecule has 0 spiro atoms. The Kier molecular flexibility index (Phi) is 6.91. The van der Waals surface area contributed by atoms with E-state index in [1.54, 1.807) is 35.2 Å². The third kappa shape index (κ3) is 5.21. The monoisotopic (exact) mass is 464 g/mol. The molecule has 2 aromatic rings. The number of hydrogen-bond donors (Lipinski definition) is 0. The van der Waals surface area contributed by atoms with Crippen LogP contribution in [0.15, 0.2) is 64.0 Å². The highest BCUT2D eigenvalue weighted by Gasteiger charge is 2.29. The zero-order chi connectivity index (χ0) is 20.1. The summed E-state index contributed by atoms with van der Waals surface area (Å²) in [5.74, 6) is 0.472. The number of hydrogen-bond acceptors (Lipinski definition) is 3. The minimum atomic E-state index is -3.78. The van der Waals surface area contributed by atoms with E-state index in [1.807, 2.05) is 24.3 Å². The number of likely N-dealkylation sites (tertiary alicyclic amines) is 1. The Morgan fingerprint density at radius 2 is 1.68 bits per heavy atom. The maximum Gasteiger partial charge on any atom is 0.243 e. The first kappa shape index (κ1) is 21.0. The maximum absolute atomic E-state index is 13.2. The number of piperidine rings is 1. The lowest BCUT2D eigenvalue weighted by atomic mass is 9.99. The van der Waals surface area contributed by atoms with Crippen molar-refractivity contribution >= 4 is 31.9 Å². The van der Waals surface area contributed by atoms with Crippen LogP contribution in [-0.4, -0.2) is 43.2 Å². The van der Waals surface area contributed by atoms with Crippen molar-refractivity contribution in [1.82, 2.24) is 9.21 Å². The number of nitrogens with zero attached hydrogens (tertiary/aromatic N) is 2. The van der Waals surface area contributed by atoms with Crippen LogP contribution in [0.5, 0.6) is 0 Å². The second kappa shape index (κ2) is 9.20. The van der Waals surface area contributed by atoms with Crippen LogP contribution in [0.4, 0.5) is 0 Å². The van der Waals surface area contributed by atoms with E-state index in [4.69, 9.17) is 0 Å². The van der Waals surface area contributed by atoms with Gasteiger partial charge in [0.15, 0.2) is 0 Å². The molecule has 0 aliphatic carbocycles. The normalized spacial score (nSPS) is 15.8. The van der Waals surface area contributed by atoms with Gasteiger partial charge in [-0.1, -0.05) is 53.2 Å². The van der Waals surface area contributed by atoms with Gasteiger partial charge in [-0.2, -0.15) is 4.31 Å². The zero-order valence-corrected chi connectivity index (χ0v) is 18.3. The largest absolute Gasteiger partial charge is 0.342 e. The summed E-state index contributed by atoms with van der Waals surface area (Å²) in [6.45, 7) is 3.57. The van der Waals surface area contributed by atoms with Gasteiger partial charge >= 0.3 is 0 Å². The summed E-state index contributed by atoms with van der Waals surface area (Å²) in [5.41, 5.74) is 0.836. The molecular formula is C21H25BrN2O3S. The fourth-order valence-electron chi connectivity index (χ4n) is 3.27. The molecule has 0 N–H and O–H groups in total. The van der Waals surface area contributed by atoms with Gasteiger partial charge in [0.25, 0.3) is 0 Å². The molecule has 1 saturated heterocycles. The first-order valence-electron chi connectivity index (χ1n) is 9.43. The van der Waals surface area contributed by atoms with Crippen molar-refractivity contribution in [2.45, 2.75) is 31.2 Å². The number of sulfonamides is 1. The van der Waals surface area contributed by atoms with Gasteiger partial charge in [0.1, 0.15) is 0 Å². The molecule has 2 aromatic carbocycles. The molecule has 3 rings (SSSR count). The van der Waals surface area contributed by atoms with E-state index in [0.29, 0.717) is 19.0 Å².